The van der Waals surface area contributed by atoms with Crippen LogP contribution >= 0.6 is 11.6 Å². The van der Waals surface area contributed by atoms with Gasteiger partial charge in [0.2, 0.25) is 0 Å². The van der Waals surface area contributed by atoms with Gasteiger partial charge in [0.15, 0.2) is 5.65 Å². The summed E-state index contributed by atoms with van der Waals surface area (Å²) in [5, 5.41) is 8.12. The number of hydrogen-bond donors (Lipinski definition) is 2. The smallest absolute Gasteiger partial charge is 0.163 e. The molecule has 6 heteroatoms. The Labute approximate surface area is 102 Å². The zero-order valence-corrected chi connectivity index (χ0v) is 9.44. The molecular formula is C11H8ClN5. The molecule has 3 heterocycles. The molecule has 0 atom stereocenters. The Hall–Kier alpha value is -2.14. The minimum Gasteiger partial charge on any atom is -0.384 e. The maximum Gasteiger partial charge on any atom is 0.163 e. The highest BCUT2D eigenvalue weighted by Crippen LogP contribution is 2.25. The van der Waals surface area contributed by atoms with Crippen LogP contribution in [0.15, 0.2) is 30.5 Å². The van der Waals surface area contributed by atoms with Crippen LogP contribution in [0, 0.1) is 0 Å². The van der Waals surface area contributed by atoms with Crippen LogP contribution in [0.2, 0.25) is 5.02 Å². The van der Waals surface area contributed by atoms with Gasteiger partial charge in [-0.25, -0.2) is 9.97 Å². The van der Waals surface area contributed by atoms with Gasteiger partial charge in [-0.15, -0.1) is 0 Å². The first-order valence-corrected chi connectivity index (χ1v) is 5.35. The second-order valence-corrected chi connectivity index (χ2v) is 3.96. The predicted molar refractivity (Wildman–Crippen MR) is 66.5 cm³/mol. The van der Waals surface area contributed by atoms with Crippen molar-refractivity contribution in [2.24, 2.45) is 0 Å². The van der Waals surface area contributed by atoms with Crippen LogP contribution in [0.25, 0.3) is 22.4 Å². The first-order valence-electron chi connectivity index (χ1n) is 4.97. The number of aromatic amines is 1. The Morgan fingerprint density at radius 3 is 2.76 bits per heavy atom. The van der Waals surface area contributed by atoms with Crippen LogP contribution in [0.1, 0.15) is 0 Å². The fourth-order valence-electron chi connectivity index (χ4n) is 1.63. The molecule has 3 rings (SSSR count). The minimum atomic E-state index is 0.356. The molecule has 84 valence electrons. The average Bonchev–Trinajstić information content (AvgIpc) is 2.81. The summed E-state index contributed by atoms with van der Waals surface area (Å²) in [6.07, 6.45) is 1.74. The number of anilines is 1. The molecule has 0 bridgehead atoms. The molecule has 3 aromatic rings. The second-order valence-electron chi connectivity index (χ2n) is 3.56. The summed E-state index contributed by atoms with van der Waals surface area (Å²) < 4.78 is 0. The van der Waals surface area contributed by atoms with Crippen LogP contribution in [0.5, 0.6) is 0 Å². The van der Waals surface area contributed by atoms with Crippen LogP contribution in [0.4, 0.5) is 5.82 Å². The van der Waals surface area contributed by atoms with E-state index < -0.39 is 0 Å². The van der Waals surface area contributed by atoms with Gasteiger partial charge in [-0.2, -0.15) is 5.10 Å². The third-order valence-corrected chi connectivity index (χ3v) is 2.72. The van der Waals surface area contributed by atoms with E-state index in [1.54, 1.807) is 12.3 Å². The van der Waals surface area contributed by atoms with Gasteiger partial charge in [0.25, 0.3) is 0 Å². The fraction of sp³-hybridized carbons (Fsp3) is 0. The lowest BCUT2D eigenvalue weighted by molar-refractivity contribution is 1.09. The number of nitrogens with two attached hydrogens (primary N) is 1. The average molecular weight is 246 g/mol. The highest BCUT2D eigenvalue weighted by atomic mass is 35.5. The van der Waals surface area contributed by atoms with Gasteiger partial charge in [-0.05, 0) is 24.3 Å². The SMILES string of the molecule is Nc1cc(Cl)c2ccc(-c3cc[nH]n3)nc2n1. The lowest BCUT2D eigenvalue weighted by Gasteiger charge is -2.02. The molecule has 0 radical (unpaired) electrons. The summed E-state index contributed by atoms with van der Waals surface area (Å²) in [6.45, 7) is 0. The zero-order chi connectivity index (χ0) is 11.8. The molecule has 0 aliphatic heterocycles. The molecule has 0 saturated heterocycles. The molecule has 17 heavy (non-hydrogen) atoms. The maximum absolute atomic E-state index is 6.06. The topological polar surface area (TPSA) is 80.5 Å². The van der Waals surface area contributed by atoms with E-state index in [1.807, 2.05) is 18.2 Å². The molecular weight excluding hydrogens is 238 g/mol. The van der Waals surface area contributed by atoms with Crippen molar-refractivity contribution in [1.29, 1.82) is 0 Å². The van der Waals surface area contributed by atoms with Crippen molar-refractivity contribution >= 4 is 28.5 Å². The van der Waals surface area contributed by atoms with Crippen molar-refractivity contribution in [3.8, 4) is 11.4 Å². The van der Waals surface area contributed by atoms with Gasteiger partial charge in [-0.1, -0.05) is 11.6 Å². The van der Waals surface area contributed by atoms with E-state index in [9.17, 15) is 0 Å². The third kappa shape index (κ3) is 1.70. The largest absolute Gasteiger partial charge is 0.384 e. The Morgan fingerprint density at radius 2 is 2.00 bits per heavy atom. The van der Waals surface area contributed by atoms with Gasteiger partial charge in [-0.3, -0.25) is 5.10 Å². The summed E-state index contributed by atoms with van der Waals surface area (Å²) in [5.41, 5.74) is 7.65. The Kier molecular flexibility index (Phi) is 2.19. The van der Waals surface area contributed by atoms with Gasteiger partial charge in [0, 0.05) is 11.6 Å². The number of nitrogen functional groups attached to an aromatic ring is 1. The van der Waals surface area contributed by atoms with E-state index in [2.05, 4.69) is 20.2 Å². The number of rotatable bonds is 1. The van der Waals surface area contributed by atoms with Crippen molar-refractivity contribution in [2.45, 2.75) is 0 Å². The van der Waals surface area contributed by atoms with Crippen LogP contribution < -0.4 is 5.73 Å². The monoisotopic (exact) mass is 245 g/mol. The third-order valence-electron chi connectivity index (χ3n) is 2.41. The first kappa shape index (κ1) is 10.0. The number of aromatic nitrogens is 4. The summed E-state index contributed by atoms with van der Waals surface area (Å²) in [7, 11) is 0. The van der Waals surface area contributed by atoms with Crippen molar-refractivity contribution in [3.05, 3.63) is 35.5 Å². The molecule has 0 aliphatic carbocycles. The lowest BCUT2D eigenvalue weighted by atomic mass is 10.2. The van der Waals surface area contributed by atoms with Crippen LogP contribution in [-0.4, -0.2) is 20.2 Å². The van der Waals surface area contributed by atoms with Crippen molar-refractivity contribution < 1.29 is 0 Å². The standard InChI is InChI=1S/C11H8ClN5/c12-7-5-10(13)16-11-6(7)1-2-8(15-11)9-3-4-14-17-9/h1-5H,(H,14,17)(H2,13,15,16). The number of nitrogens with zero attached hydrogens (tertiary/aromatic N) is 3. The van der Waals surface area contributed by atoms with Crippen LogP contribution in [-0.2, 0) is 0 Å². The van der Waals surface area contributed by atoms with Gasteiger partial charge >= 0.3 is 0 Å². The zero-order valence-electron chi connectivity index (χ0n) is 8.68. The molecule has 0 unspecified atom stereocenters. The molecule has 0 aliphatic rings. The Bertz CT molecular complexity index is 678. The fourth-order valence-corrected chi connectivity index (χ4v) is 1.89. The van der Waals surface area contributed by atoms with E-state index in [-0.39, 0.29) is 0 Å². The van der Waals surface area contributed by atoms with E-state index >= 15 is 0 Å². The van der Waals surface area contributed by atoms with Crippen molar-refractivity contribution in [2.75, 3.05) is 5.73 Å². The minimum absolute atomic E-state index is 0.356. The van der Waals surface area contributed by atoms with E-state index in [4.69, 9.17) is 17.3 Å². The Morgan fingerprint density at radius 1 is 1.12 bits per heavy atom. The Balaban J connectivity index is 2.26. The van der Waals surface area contributed by atoms with Gasteiger partial charge < -0.3 is 5.73 Å². The molecule has 0 spiro atoms. The van der Waals surface area contributed by atoms with Gasteiger partial charge in [0.05, 0.1) is 10.7 Å². The quantitative estimate of drug-likeness (QED) is 0.689. The predicted octanol–water partition coefficient (Wildman–Crippen LogP) is 2.26. The molecule has 3 aromatic heterocycles. The normalized spacial score (nSPS) is 10.9. The second kappa shape index (κ2) is 3.71. The van der Waals surface area contributed by atoms with Gasteiger partial charge in [0.1, 0.15) is 11.5 Å². The molecule has 0 aromatic carbocycles. The maximum atomic E-state index is 6.06. The number of pyridine rings is 2. The molecule has 3 N–H and O–H groups in total. The molecule has 5 nitrogen and oxygen atoms in total. The van der Waals surface area contributed by atoms with Crippen molar-refractivity contribution in [1.82, 2.24) is 20.2 Å². The molecule has 0 fully saturated rings. The van der Waals surface area contributed by atoms with Crippen molar-refractivity contribution in [3.63, 3.8) is 0 Å². The highest BCUT2D eigenvalue weighted by molar-refractivity contribution is 6.35. The number of H-pyrrole nitrogens is 1. The van der Waals surface area contributed by atoms with E-state index in [0.717, 1.165) is 16.8 Å². The summed E-state index contributed by atoms with van der Waals surface area (Å²) >= 11 is 6.06. The van der Waals surface area contributed by atoms with E-state index in [0.29, 0.717) is 16.5 Å². The summed E-state index contributed by atoms with van der Waals surface area (Å²) in [6, 6.07) is 7.16. The van der Waals surface area contributed by atoms with Crippen LogP contribution in [0.3, 0.4) is 0 Å². The number of halogens is 1. The molecule has 0 amide bonds. The lowest BCUT2D eigenvalue weighted by Crippen LogP contribution is -1.94. The summed E-state index contributed by atoms with van der Waals surface area (Å²) in [5.74, 6) is 0.356. The first-order chi connectivity index (χ1) is 8.24. The number of nitrogens with one attached hydrogen (secondary N) is 1. The number of hydrogen-bond acceptors (Lipinski definition) is 4. The molecule has 0 saturated carbocycles. The highest BCUT2D eigenvalue weighted by Gasteiger charge is 2.07. The summed E-state index contributed by atoms with van der Waals surface area (Å²) in [4.78, 5) is 8.53. The van der Waals surface area contributed by atoms with E-state index in [1.165, 1.54) is 0 Å². The number of fused-ring (bicyclic) bond motifs is 1.